The van der Waals surface area contributed by atoms with Crippen molar-refractivity contribution in [2.75, 3.05) is 37.6 Å². The third kappa shape index (κ3) is 4.69. The van der Waals surface area contributed by atoms with Crippen LogP contribution in [0.2, 0.25) is 0 Å². The van der Waals surface area contributed by atoms with Crippen molar-refractivity contribution in [2.24, 2.45) is 0 Å². The molecule has 0 atom stereocenters. The molecule has 0 spiro atoms. The molecule has 0 aliphatic carbocycles. The van der Waals surface area contributed by atoms with Gasteiger partial charge >= 0.3 is 6.03 Å². The van der Waals surface area contributed by atoms with Crippen LogP contribution in [0.3, 0.4) is 0 Å². The molecule has 1 saturated heterocycles. The third-order valence-corrected chi connectivity index (χ3v) is 5.20. The summed E-state index contributed by atoms with van der Waals surface area (Å²) in [4.78, 5) is 29.9. The number of carbonyl (C=O) groups is 1. The van der Waals surface area contributed by atoms with Gasteiger partial charge in [0.15, 0.2) is 0 Å². The van der Waals surface area contributed by atoms with E-state index in [1.165, 1.54) is 0 Å². The minimum atomic E-state index is 0.00273. The van der Waals surface area contributed by atoms with Crippen LogP contribution in [0.15, 0.2) is 17.6 Å². The van der Waals surface area contributed by atoms with Crippen molar-refractivity contribution >= 4 is 23.2 Å². The minimum Gasteiger partial charge on any atom is -0.353 e. The summed E-state index contributed by atoms with van der Waals surface area (Å²) in [7, 11) is 0. The van der Waals surface area contributed by atoms with Crippen LogP contribution in [0.1, 0.15) is 36.3 Å². The van der Waals surface area contributed by atoms with Gasteiger partial charge in [-0.1, -0.05) is 13.8 Å². The molecule has 26 heavy (non-hydrogen) atoms. The molecule has 8 heteroatoms. The lowest BCUT2D eigenvalue weighted by Gasteiger charge is -2.35. The Labute approximate surface area is 158 Å². The maximum Gasteiger partial charge on any atom is 0.317 e. The molecular weight excluding hydrogens is 348 g/mol. The first-order valence-corrected chi connectivity index (χ1v) is 9.92. The standard InChI is InChI=1S/C18H26N6OS/c1-13(2)17-21-14(3)12-15(22-17)23-7-9-24(10-8-23)18(25)20-5-4-16-19-6-11-26-16/h6,11-13H,4-5,7-10H2,1-3H3,(H,20,25). The van der Waals surface area contributed by atoms with Gasteiger partial charge in [0.1, 0.15) is 11.6 Å². The number of piperazine rings is 1. The highest BCUT2D eigenvalue weighted by molar-refractivity contribution is 7.09. The summed E-state index contributed by atoms with van der Waals surface area (Å²) in [6.07, 6.45) is 2.57. The molecule has 7 nitrogen and oxygen atoms in total. The number of rotatable bonds is 5. The SMILES string of the molecule is Cc1cc(N2CCN(C(=O)NCCc3nccs3)CC2)nc(C(C)C)n1. The quantitative estimate of drug-likeness (QED) is 0.870. The average molecular weight is 375 g/mol. The van der Waals surface area contributed by atoms with E-state index < -0.39 is 0 Å². The minimum absolute atomic E-state index is 0.00273. The van der Waals surface area contributed by atoms with E-state index in [0.717, 1.165) is 41.9 Å². The first kappa shape index (κ1) is 18.6. The fourth-order valence-corrected chi connectivity index (χ4v) is 3.52. The summed E-state index contributed by atoms with van der Waals surface area (Å²) in [5.74, 6) is 2.14. The van der Waals surface area contributed by atoms with E-state index in [-0.39, 0.29) is 6.03 Å². The fraction of sp³-hybridized carbons (Fsp3) is 0.556. The van der Waals surface area contributed by atoms with Crippen LogP contribution in [0.5, 0.6) is 0 Å². The second-order valence-electron chi connectivity index (χ2n) is 6.76. The average Bonchev–Trinajstić information content (AvgIpc) is 3.14. The molecule has 1 N–H and O–H groups in total. The number of nitrogens with zero attached hydrogens (tertiary/aromatic N) is 5. The summed E-state index contributed by atoms with van der Waals surface area (Å²) in [5.41, 5.74) is 0.987. The summed E-state index contributed by atoms with van der Waals surface area (Å²) in [6.45, 7) is 9.80. The van der Waals surface area contributed by atoms with Crippen molar-refractivity contribution in [3.8, 4) is 0 Å². The summed E-state index contributed by atoms with van der Waals surface area (Å²) < 4.78 is 0. The number of aryl methyl sites for hydroxylation is 1. The first-order valence-electron chi connectivity index (χ1n) is 9.04. The Hall–Kier alpha value is -2.22. The van der Waals surface area contributed by atoms with Crippen LogP contribution < -0.4 is 10.2 Å². The van der Waals surface area contributed by atoms with Crippen molar-refractivity contribution in [3.63, 3.8) is 0 Å². The van der Waals surface area contributed by atoms with Crippen LogP contribution in [0, 0.1) is 6.92 Å². The molecule has 1 aliphatic rings. The Morgan fingerprint density at radius 3 is 2.69 bits per heavy atom. The summed E-state index contributed by atoms with van der Waals surface area (Å²) in [5, 5.41) is 5.99. The number of aromatic nitrogens is 3. The van der Waals surface area contributed by atoms with Gasteiger partial charge in [-0.3, -0.25) is 0 Å². The molecular formula is C18H26N6OS. The van der Waals surface area contributed by atoms with E-state index in [1.54, 1.807) is 17.5 Å². The van der Waals surface area contributed by atoms with E-state index in [9.17, 15) is 4.79 Å². The number of anilines is 1. The first-order chi connectivity index (χ1) is 12.5. The Kier molecular flexibility index (Phi) is 6.03. The number of carbonyl (C=O) groups excluding carboxylic acids is 1. The molecule has 0 saturated carbocycles. The lowest BCUT2D eigenvalue weighted by molar-refractivity contribution is 0.194. The number of thiazole rings is 1. The van der Waals surface area contributed by atoms with Gasteiger partial charge in [0.2, 0.25) is 0 Å². The van der Waals surface area contributed by atoms with E-state index in [0.29, 0.717) is 25.6 Å². The van der Waals surface area contributed by atoms with E-state index >= 15 is 0 Å². The molecule has 3 rings (SSSR count). The zero-order valence-electron chi connectivity index (χ0n) is 15.6. The number of amides is 2. The van der Waals surface area contributed by atoms with Crippen molar-refractivity contribution in [1.29, 1.82) is 0 Å². The molecule has 3 heterocycles. The Bertz CT molecular complexity index is 725. The van der Waals surface area contributed by atoms with Gasteiger partial charge in [0.25, 0.3) is 0 Å². The number of hydrogen-bond acceptors (Lipinski definition) is 6. The second kappa shape index (κ2) is 8.44. The normalized spacial score (nSPS) is 14.8. The predicted molar refractivity (Wildman–Crippen MR) is 104 cm³/mol. The van der Waals surface area contributed by atoms with Crippen molar-refractivity contribution < 1.29 is 4.79 Å². The molecule has 0 unspecified atom stereocenters. The largest absolute Gasteiger partial charge is 0.353 e. The molecule has 2 aromatic rings. The second-order valence-corrected chi connectivity index (χ2v) is 7.74. The summed E-state index contributed by atoms with van der Waals surface area (Å²) >= 11 is 1.62. The van der Waals surface area contributed by atoms with E-state index in [2.05, 4.69) is 34.0 Å². The van der Waals surface area contributed by atoms with Crippen LogP contribution in [0.4, 0.5) is 10.6 Å². The molecule has 2 aromatic heterocycles. The molecule has 0 bridgehead atoms. The zero-order valence-corrected chi connectivity index (χ0v) is 16.4. The van der Waals surface area contributed by atoms with Crippen LogP contribution >= 0.6 is 11.3 Å². The Morgan fingerprint density at radius 1 is 1.27 bits per heavy atom. The van der Waals surface area contributed by atoms with Crippen molar-refractivity contribution in [1.82, 2.24) is 25.2 Å². The van der Waals surface area contributed by atoms with E-state index in [4.69, 9.17) is 4.98 Å². The maximum absolute atomic E-state index is 12.3. The maximum atomic E-state index is 12.3. The number of nitrogens with one attached hydrogen (secondary N) is 1. The highest BCUT2D eigenvalue weighted by Crippen LogP contribution is 2.18. The molecule has 0 radical (unpaired) electrons. The van der Waals surface area contributed by atoms with Gasteiger partial charge in [-0.25, -0.2) is 19.7 Å². The molecule has 0 aromatic carbocycles. The smallest absolute Gasteiger partial charge is 0.317 e. The van der Waals surface area contributed by atoms with Gasteiger partial charge in [0, 0.05) is 68.4 Å². The third-order valence-electron chi connectivity index (χ3n) is 4.36. The number of urea groups is 1. The predicted octanol–water partition coefficient (Wildman–Crippen LogP) is 2.44. The highest BCUT2D eigenvalue weighted by Gasteiger charge is 2.22. The van der Waals surface area contributed by atoms with Crippen LogP contribution in [-0.4, -0.2) is 58.6 Å². The van der Waals surface area contributed by atoms with Gasteiger partial charge in [-0.15, -0.1) is 11.3 Å². The van der Waals surface area contributed by atoms with Gasteiger partial charge in [-0.05, 0) is 6.92 Å². The topological polar surface area (TPSA) is 74.2 Å². The van der Waals surface area contributed by atoms with E-state index in [1.807, 2.05) is 23.3 Å². The Balaban J connectivity index is 1.50. The monoisotopic (exact) mass is 374 g/mol. The van der Waals surface area contributed by atoms with Crippen LogP contribution in [-0.2, 0) is 6.42 Å². The highest BCUT2D eigenvalue weighted by atomic mass is 32.1. The van der Waals surface area contributed by atoms with Gasteiger partial charge in [0.05, 0.1) is 5.01 Å². The van der Waals surface area contributed by atoms with Crippen LogP contribution in [0.25, 0.3) is 0 Å². The molecule has 1 aliphatic heterocycles. The molecule has 140 valence electrons. The van der Waals surface area contributed by atoms with Crippen molar-refractivity contribution in [3.05, 3.63) is 34.2 Å². The van der Waals surface area contributed by atoms with Crippen molar-refractivity contribution in [2.45, 2.75) is 33.1 Å². The fourth-order valence-electron chi connectivity index (χ4n) is 2.90. The lowest BCUT2D eigenvalue weighted by atomic mass is 10.2. The van der Waals surface area contributed by atoms with Gasteiger partial charge in [-0.2, -0.15) is 0 Å². The zero-order chi connectivity index (χ0) is 18.5. The lowest BCUT2D eigenvalue weighted by Crippen LogP contribution is -2.52. The molecule has 2 amide bonds. The Morgan fingerprint density at radius 2 is 2.04 bits per heavy atom. The number of hydrogen-bond donors (Lipinski definition) is 1. The summed E-state index contributed by atoms with van der Waals surface area (Å²) in [6, 6.07) is 2.03. The van der Waals surface area contributed by atoms with Gasteiger partial charge < -0.3 is 15.1 Å². The molecule has 1 fully saturated rings.